The van der Waals surface area contributed by atoms with Gasteiger partial charge >= 0.3 is 0 Å². The van der Waals surface area contributed by atoms with Crippen LogP contribution in [-0.2, 0) is 0 Å². The third kappa shape index (κ3) is 3.96. The number of hydrogen-bond acceptors (Lipinski definition) is 3. The van der Waals surface area contributed by atoms with Gasteiger partial charge in [-0.05, 0) is 56.6 Å². The fourth-order valence-corrected chi connectivity index (χ4v) is 2.43. The van der Waals surface area contributed by atoms with Gasteiger partial charge in [0.2, 0.25) is 0 Å². The lowest BCUT2D eigenvalue weighted by molar-refractivity contribution is 0.0946. The molecule has 1 aliphatic rings. The van der Waals surface area contributed by atoms with Crippen molar-refractivity contribution in [2.45, 2.75) is 26.2 Å². The van der Waals surface area contributed by atoms with Gasteiger partial charge in [-0.2, -0.15) is 0 Å². The van der Waals surface area contributed by atoms with Gasteiger partial charge in [0.15, 0.2) is 0 Å². The number of piperidine rings is 1. The summed E-state index contributed by atoms with van der Waals surface area (Å²) in [4.78, 5) is 14.4. The van der Waals surface area contributed by atoms with E-state index in [2.05, 4.69) is 10.2 Å². The first-order chi connectivity index (χ1) is 9.16. The Morgan fingerprint density at radius 3 is 2.74 bits per heavy atom. The lowest BCUT2D eigenvalue weighted by atomic mass is 10.1. The number of rotatable bonds is 4. The topological polar surface area (TPSA) is 58.4 Å². The van der Waals surface area contributed by atoms with Crippen molar-refractivity contribution in [3.63, 3.8) is 0 Å². The van der Waals surface area contributed by atoms with Crippen molar-refractivity contribution in [3.05, 3.63) is 29.3 Å². The minimum atomic E-state index is -0.0138. The van der Waals surface area contributed by atoms with E-state index < -0.39 is 0 Å². The molecule has 0 bridgehead atoms. The predicted octanol–water partition coefficient (Wildman–Crippen LogP) is 1.79. The summed E-state index contributed by atoms with van der Waals surface area (Å²) in [6, 6.07) is 5.40. The maximum atomic E-state index is 12.0. The van der Waals surface area contributed by atoms with Gasteiger partial charge in [0.05, 0.1) is 0 Å². The largest absolute Gasteiger partial charge is 0.399 e. The maximum Gasteiger partial charge on any atom is 0.251 e. The van der Waals surface area contributed by atoms with Gasteiger partial charge in [0.25, 0.3) is 5.91 Å². The number of benzene rings is 1. The minimum absolute atomic E-state index is 0.0138. The molecule has 3 N–H and O–H groups in total. The average molecular weight is 261 g/mol. The molecule has 1 saturated heterocycles. The van der Waals surface area contributed by atoms with Crippen molar-refractivity contribution in [1.82, 2.24) is 10.2 Å². The van der Waals surface area contributed by atoms with Crippen LogP contribution in [0, 0.1) is 6.92 Å². The first-order valence-corrected chi connectivity index (χ1v) is 7.03. The smallest absolute Gasteiger partial charge is 0.251 e. The molecule has 1 aromatic carbocycles. The average Bonchev–Trinajstić information content (AvgIpc) is 2.43. The number of carbonyl (C=O) groups excluding carboxylic acids is 1. The monoisotopic (exact) mass is 261 g/mol. The van der Waals surface area contributed by atoms with Crippen molar-refractivity contribution in [1.29, 1.82) is 0 Å². The summed E-state index contributed by atoms with van der Waals surface area (Å²) in [5.41, 5.74) is 8.11. The van der Waals surface area contributed by atoms with E-state index in [1.54, 1.807) is 12.1 Å². The molecule has 1 aromatic rings. The predicted molar refractivity (Wildman–Crippen MR) is 78.2 cm³/mol. The Balaban J connectivity index is 1.78. The molecule has 4 heteroatoms. The van der Waals surface area contributed by atoms with Crippen LogP contribution in [0.1, 0.15) is 35.2 Å². The highest BCUT2D eigenvalue weighted by Crippen LogP contribution is 2.12. The molecule has 0 radical (unpaired) electrons. The molecular weight excluding hydrogens is 238 g/mol. The number of likely N-dealkylation sites (tertiary alicyclic amines) is 1. The molecule has 19 heavy (non-hydrogen) atoms. The number of carbonyl (C=O) groups is 1. The Morgan fingerprint density at radius 2 is 2.05 bits per heavy atom. The van der Waals surface area contributed by atoms with Crippen LogP contribution < -0.4 is 11.1 Å². The fraction of sp³-hybridized carbons (Fsp3) is 0.533. The van der Waals surface area contributed by atoms with Gasteiger partial charge in [0.1, 0.15) is 0 Å². The summed E-state index contributed by atoms with van der Waals surface area (Å²) in [5.74, 6) is -0.0138. The van der Waals surface area contributed by atoms with E-state index in [4.69, 9.17) is 5.73 Å². The number of nitrogens with zero attached hydrogens (tertiary/aromatic N) is 1. The van der Waals surface area contributed by atoms with Crippen LogP contribution in [0.5, 0.6) is 0 Å². The third-order valence-electron chi connectivity index (χ3n) is 3.69. The second-order valence-electron chi connectivity index (χ2n) is 5.23. The number of nitrogen functional groups attached to an aromatic ring is 1. The number of aryl methyl sites for hydroxylation is 1. The molecular formula is C15H23N3O. The van der Waals surface area contributed by atoms with Crippen LogP contribution in [0.25, 0.3) is 0 Å². The lowest BCUT2D eigenvalue weighted by Gasteiger charge is -2.26. The number of hydrogen-bond donors (Lipinski definition) is 2. The summed E-state index contributed by atoms with van der Waals surface area (Å²) in [5, 5.41) is 2.97. The van der Waals surface area contributed by atoms with E-state index in [0.29, 0.717) is 12.1 Å². The lowest BCUT2D eigenvalue weighted by Crippen LogP contribution is -2.37. The van der Waals surface area contributed by atoms with Crippen LogP contribution in [0.15, 0.2) is 18.2 Å². The van der Waals surface area contributed by atoms with Crippen LogP contribution in [0.3, 0.4) is 0 Å². The quantitative estimate of drug-likeness (QED) is 0.812. The van der Waals surface area contributed by atoms with E-state index in [0.717, 1.165) is 30.9 Å². The Hall–Kier alpha value is -1.55. The standard InChI is InChI=1S/C15H23N3O/c1-12-11-13(5-6-14(12)16)15(19)17-7-10-18-8-3-2-4-9-18/h5-6,11H,2-4,7-10,16H2,1H3,(H,17,19). The van der Waals surface area contributed by atoms with E-state index in [1.807, 2.05) is 13.0 Å². The zero-order valence-corrected chi connectivity index (χ0v) is 11.6. The highest BCUT2D eigenvalue weighted by atomic mass is 16.1. The molecule has 0 aromatic heterocycles. The molecule has 2 rings (SSSR count). The fourth-order valence-electron chi connectivity index (χ4n) is 2.43. The van der Waals surface area contributed by atoms with E-state index >= 15 is 0 Å². The van der Waals surface area contributed by atoms with Gasteiger partial charge in [0, 0.05) is 24.3 Å². The number of anilines is 1. The van der Waals surface area contributed by atoms with Crippen LogP contribution >= 0.6 is 0 Å². The Labute approximate surface area is 115 Å². The van der Waals surface area contributed by atoms with Gasteiger partial charge in [-0.25, -0.2) is 0 Å². The van der Waals surface area contributed by atoms with E-state index in [1.165, 1.54) is 19.3 Å². The van der Waals surface area contributed by atoms with Gasteiger partial charge in [-0.1, -0.05) is 6.42 Å². The zero-order chi connectivity index (χ0) is 13.7. The van der Waals surface area contributed by atoms with Crippen molar-refractivity contribution >= 4 is 11.6 Å². The van der Waals surface area contributed by atoms with Crippen molar-refractivity contribution in [2.24, 2.45) is 0 Å². The first-order valence-electron chi connectivity index (χ1n) is 7.03. The normalized spacial score (nSPS) is 16.3. The summed E-state index contributed by atoms with van der Waals surface area (Å²) >= 11 is 0. The molecule has 4 nitrogen and oxygen atoms in total. The summed E-state index contributed by atoms with van der Waals surface area (Å²) in [6.07, 6.45) is 3.91. The maximum absolute atomic E-state index is 12.0. The van der Waals surface area contributed by atoms with Crippen LogP contribution in [0.4, 0.5) is 5.69 Å². The third-order valence-corrected chi connectivity index (χ3v) is 3.69. The summed E-state index contributed by atoms with van der Waals surface area (Å²) < 4.78 is 0. The van der Waals surface area contributed by atoms with Crippen LogP contribution in [0.2, 0.25) is 0 Å². The molecule has 1 amide bonds. The highest BCUT2D eigenvalue weighted by Gasteiger charge is 2.10. The summed E-state index contributed by atoms with van der Waals surface area (Å²) in [7, 11) is 0. The van der Waals surface area contributed by atoms with Crippen molar-refractivity contribution in [2.75, 3.05) is 31.9 Å². The molecule has 1 aliphatic heterocycles. The van der Waals surface area contributed by atoms with E-state index in [-0.39, 0.29) is 5.91 Å². The summed E-state index contributed by atoms with van der Waals surface area (Å²) in [6.45, 7) is 5.90. The molecule has 1 fully saturated rings. The second kappa shape index (κ2) is 6.57. The SMILES string of the molecule is Cc1cc(C(=O)NCCN2CCCCC2)ccc1N. The molecule has 0 spiro atoms. The number of amides is 1. The van der Waals surface area contributed by atoms with Crippen LogP contribution in [-0.4, -0.2) is 37.0 Å². The Kier molecular flexibility index (Phi) is 4.80. The van der Waals surface area contributed by atoms with Gasteiger partial charge in [-0.15, -0.1) is 0 Å². The Bertz CT molecular complexity index is 439. The van der Waals surface area contributed by atoms with Crippen molar-refractivity contribution < 1.29 is 4.79 Å². The minimum Gasteiger partial charge on any atom is -0.399 e. The molecule has 0 saturated carbocycles. The number of nitrogens with two attached hydrogens (primary N) is 1. The second-order valence-corrected chi connectivity index (χ2v) is 5.23. The molecule has 0 aliphatic carbocycles. The van der Waals surface area contributed by atoms with Gasteiger partial charge < -0.3 is 16.0 Å². The molecule has 1 heterocycles. The molecule has 104 valence electrons. The Morgan fingerprint density at radius 1 is 1.32 bits per heavy atom. The highest BCUT2D eigenvalue weighted by molar-refractivity contribution is 5.94. The first kappa shape index (κ1) is 13.9. The molecule has 0 unspecified atom stereocenters. The van der Waals surface area contributed by atoms with Gasteiger partial charge in [-0.3, -0.25) is 4.79 Å². The number of nitrogens with one attached hydrogen (secondary N) is 1. The zero-order valence-electron chi connectivity index (χ0n) is 11.6. The molecule has 0 atom stereocenters. The van der Waals surface area contributed by atoms with E-state index in [9.17, 15) is 4.79 Å². The van der Waals surface area contributed by atoms with Crippen molar-refractivity contribution in [3.8, 4) is 0 Å².